The molecule has 0 amide bonds. The van der Waals surface area contributed by atoms with Crippen molar-refractivity contribution in [3.63, 3.8) is 0 Å². The quantitative estimate of drug-likeness (QED) is 0.765. The van der Waals surface area contributed by atoms with E-state index in [1.54, 1.807) is 0 Å². The van der Waals surface area contributed by atoms with Crippen LogP contribution in [0.3, 0.4) is 0 Å². The highest BCUT2D eigenvalue weighted by Gasteiger charge is 2.25. The summed E-state index contributed by atoms with van der Waals surface area (Å²) < 4.78 is 12.1. The molecule has 2 aromatic rings. The molecule has 2 nitrogen and oxygen atoms in total. The van der Waals surface area contributed by atoms with Crippen LogP contribution in [-0.4, -0.2) is 13.2 Å². The second-order valence-corrected chi connectivity index (χ2v) is 6.44. The van der Waals surface area contributed by atoms with E-state index in [-0.39, 0.29) is 12.2 Å². The van der Waals surface area contributed by atoms with E-state index in [0.29, 0.717) is 0 Å². The summed E-state index contributed by atoms with van der Waals surface area (Å²) in [6, 6.07) is 14.5. The Labute approximate surface area is 132 Å². The molecule has 0 bridgehead atoms. The van der Waals surface area contributed by atoms with Gasteiger partial charge in [0.15, 0.2) is 0 Å². The fourth-order valence-corrected chi connectivity index (χ4v) is 3.69. The number of fused-ring (bicyclic) bond motifs is 1. The van der Waals surface area contributed by atoms with Gasteiger partial charge in [0, 0.05) is 13.2 Å². The number of hydrogen-bond acceptors (Lipinski definition) is 2. The number of ether oxygens (including phenoxy) is 2. The lowest BCUT2D eigenvalue weighted by Crippen LogP contribution is -2.18. The van der Waals surface area contributed by atoms with Crippen molar-refractivity contribution in [1.29, 1.82) is 0 Å². The Morgan fingerprint density at radius 1 is 0.864 bits per heavy atom. The highest BCUT2D eigenvalue weighted by molar-refractivity contribution is 5.83. The second kappa shape index (κ2) is 6.39. The molecule has 2 atom stereocenters. The maximum Gasteiger partial charge on any atom is 0.0834 e. The summed E-state index contributed by atoms with van der Waals surface area (Å²) in [5.74, 6) is 0. The van der Waals surface area contributed by atoms with Crippen LogP contribution in [0.4, 0.5) is 0 Å². The molecule has 2 fully saturated rings. The molecule has 2 aliphatic heterocycles. The van der Waals surface area contributed by atoms with Crippen molar-refractivity contribution >= 4 is 10.8 Å². The predicted molar refractivity (Wildman–Crippen MR) is 87.9 cm³/mol. The van der Waals surface area contributed by atoms with Gasteiger partial charge in [0.1, 0.15) is 0 Å². The molecule has 0 saturated carbocycles. The fourth-order valence-electron chi connectivity index (χ4n) is 3.69. The molecule has 0 aromatic heterocycles. The lowest BCUT2D eigenvalue weighted by molar-refractivity contribution is -0.000511. The molecule has 2 aliphatic rings. The Kier molecular flexibility index (Phi) is 4.13. The van der Waals surface area contributed by atoms with Crippen molar-refractivity contribution < 1.29 is 9.47 Å². The van der Waals surface area contributed by atoms with Gasteiger partial charge in [-0.1, -0.05) is 24.3 Å². The Morgan fingerprint density at radius 2 is 1.59 bits per heavy atom. The van der Waals surface area contributed by atoms with Crippen molar-refractivity contribution in [2.45, 2.75) is 50.7 Å². The summed E-state index contributed by atoms with van der Waals surface area (Å²) in [5.41, 5.74) is 2.55. The van der Waals surface area contributed by atoms with Gasteiger partial charge in [-0.25, -0.2) is 0 Å². The summed E-state index contributed by atoms with van der Waals surface area (Å²) in [6.45, 7) is 1.75. The minimum atomic E-state index is 0.193. The van der Waals surface area contributed by atoms with Gasteiger partial charge < -0.3 is 9.47 Å². The van der Waals surface area contributed by atoms with Crippen molar-refractivity contribution in [2.75, 3.05) is 13.2 Å². The van der Waals surface area contributed by atoms with Crippen LogP contribution in [-0.2, 0) is 9.47 Å². The molecule has 22 heavy (non-hydrogen) atoms. The maximum absolute atomic E-state index is 6.07. The molecule has 0 N–H and O–H groups in total. The minimum absolute atomic E-state index is 0.193. The molecular weight excluding hydrogens is 272 g/mol. The first-order valence-corrected chi connectivity index (χ1v) is 8.60. The lowest BCUT2D eigenvalue weighted by atomic mass is 9.89. The van der Waals surface area contributed by atoms with Crippen LogP contribution in [0.1, 0.15) is 61.9 Å². The number of hydrogen-bond donors (Lipinski definition) is 0. The first-order valence-electron chi connectivity index (χ1n) is 8.60. The maximum atomic E-state index is 6.07. The van der Waals surface area contributed by atoms with Gasteiger partial charge in [-0.15, -0.1) is 0 Å². The van der Waals surface area contributed by atoms with Crippen LogP contribution in [0.25, 0.3) is 10.8 Å². The summed E-state index contributed by atoms with van der Waals surface area (Å²) in [7, 11) is 0. The number of rotatable bonds is 2. The smallest absolute Gasteiger partial charge is 0.0834 e. The standard InChI is InChI=1S/C20H23O2/c1-2-8-16-14-18(20-10-4-6-12-22-20)17(13-15(16)7-1)19-9-3-5-11-21-19/h1-2,7-8,13,19-20H,3-6,9-12H2. The van der Waals surface area contributed by atoms with E-state index in [1.807, 2.05) is 0 Å². The van der Waals surface area contributed by atoms with Gasteiger partial charge in [0.2, 0.25) is 0 Å². The van der Waals surface area contributed by atoms with Gasteiger partial charge >= 0.3 is 0 Å². The van der Waals surface area contributed by atoms with Crippen molar-refractivity contribution in [3.05, 3.63) is 47.5 Å². The van der Waals surface area contributed by atoms with E-state index in [9.17, 15) is 0 Å². The summed E-state index contributed by atoms with van der Waals surface area (Å²) in [5, 5.41) is 2.44. The molecular formula is C20H23O2. The van der Waals surface area contributed by atoms with E-state index in [2.05, 4.69) is 36.4 Å². The zero-order valence-electron chi connectivity index (χ0n) is 13.0. The molecule has 0 aliphatic carbocycles. The third-order valence-corrected chi connectivity index (χ3v) is 4.88. The highest BCUT2D eigenvalue weighted by atomic mass is 16.5. The normalized spacial score (nSPS) is 26.2. The molecule has 1 radical (unpaired) electrons. The molecule has 115 valence electrons. The summed E-state index contributed by atoms with van der Waals surface area (Å²) in [4.78, 5) is 0. The van der Waals surface area contributed by atoms with Gasteiger partial charge in [-0.2, -0.15) is 0 Å². The van der Waals surface area contributed by atoms with E-state index < -0.39 is 0 Å². The van der Waals surface area contributed by atoms with Gasteiger partial charge in [-0.05, 0) is 72.6 Å². The number of benzene rings is 2. The van der Waals surface area contributed by atoms with Crippen molar-refractivity contribution in [2.24, 2.45) is 0 Å². The van der Waals surface area contributed by atoms with Crippen LogP contribution in [0.15, 0.2) is 30.3 Å². The average Bonchev–Trinajstić information content (AvgIpc) is 2.62. The van der Waals surface area contributed by atoms with Crippen molar-refractivity contribution in [3.8, 4) is 0 Å². The topological polar surface area (TPSA) is 18.5 Å². The Balaban J connectivity index is 1.79. The van der Waals surface area contributed by atoms with Gasteiger partial charge in [0.25, 0.3) is 0 Å². The Hall–Kier alpha value is -1.38. The largest absolute Gasteiger partial charge is 0.374 e. The third kappa shape index (κ3) is 2.78. The van der Waals surface area contributed by atoms with E-state index in [0.717, 1.165) is 26.1 Å². The van der Waals surface area contributed by atoms with E-state index in [1.165, 1.54) is 47.6 Å². The van der Waals surface area contributed by atoms with E-state index in [4.69, 9.17) is 9.47 Å². The monoisotopic (exact) mass is 295 g/mol. The second-order valence-electron chi connectivity index (χ2n) is 6.44. The summed E-state index contributed by atoms with van der Waals surface area (Å²) >= 11 is 0. The van der Waals surface area contributed by atoms with Crippen LogP contribution in [0.5, 0.6) is 0 Å². The van der Waals surface area contributed by atoms with Crippen LogP contribution >= 0.6 is 0 Å². The lowest BCUT2D eigenvalue weighted by Gasteiger charge is -2.30. The van der Waals surface area contributed by atoms with Gasteiger partial charge in [-0.3, -0.25) is 0 Å². The average molecular weight is 295 g/mol. The Morgan fingerprint density at radius 3 is 2.32 bits per heavy atom. The first kappa shape index (κ1) is 14.2. The first-order chi connectivity index (χ1) is 10.9. The van der Waals surface area contributed by atoms with Gasteiger partial charge in [0.05, 0.1) is 12.2 Å². The SMILES string of the molecule is [c]1c(C2CCCCO2)c(C2CCCCO2)cc2ccccc12. The predicted octanol–water partition coefficient (Wildman–Crippen LogP) is 5.12. The van der Waals surface area contributed by atoms with E-state index >= 15 is 0 Å². The minimum Gasteiger partial charge on any atom is -0.374 e. The molecule has 2 heteroatoms. The van der Waals surface area contributed by atoms with Crippen LogP contribution in [0.2, 0.25) is 0 Å². The summed E-state index contributed by atoms with van der Waals surface area (Å²) in [6.07, 6.45) is 7.50. The molecule has 2 aromatic carbocycles. The van der Waals surface area contributed by atoms with Crippen molar-refractivity contribution in [1.82, 2.24) is 0 Å². The molecule has 2 unspecified atom stereocenters. The molecule has 4 rings (SSSR count). The van der Waals surface area contributed by atoms with Crippen LogP contribution in [0, 0.1) is 6.07 Å². The fraction of sp³-hybridized carbons (Fsp3) is 0.500. The van der Waals surface area contributed by atoms with Crippen LogP contribution < -0.4 is 0 Å². The molecule has 2 saturated heterocycles. The Bertz CT molecular complexity index is 581. The third-order valence-electron chi connectivity index (χ3n) is 4.88. The molecule has 0 spiro atoms. The zero-order chi connectivity index (χ0) is 14.8. The highest BCUT2D eigenvalue weighted by Crippen LogP contribution is 2.38. The zero-order valence-corrected chi connectivity index (χ0v) is 13.0. The molecule has 2 heterocycles.